The molecule has 0 aliphatic carbocycles. The van der Waals surface area contributed by atoms with Crippen LogP contribution in [0.2, 0.25) is 0 Å². The minimum atomic E-state index is 0.427. The minimum Gasteiger partial charge on any atom is -0.179 e. The summed E-state index contributed by atoms with van der Waals surface area (Å²) in [6.07, 6.45) is 2.54. The summed E-state index contributed by atoms with van der Waals surface area (Å²) < 4.78 is 0. The second-order valence-electron chi connectivity index (χ2n) is 6.34. The molecule has 0 saturated heterocycles. The van der Waals surface area contributed by atoms with Gasteiger partial charge in [-0.3, -0.25) is 0 Å². The first-order valence-electron chi connectivity index (χ1n) is 5.27. The van der Waals surface area contributed by atoms with Gasteiger partial charge in [0.25, 0.3) is 0 Å². The van der Waals surface area contributed by atoms with Crippen molar-refractivity contribution in [1.29, 1.82) is 0 Å². The monoisotopic (exact) mass is 202 g/mol. The number of hydrogen-bond acceptors (Lipinski definition) is 1. The molecule has 1 atom stereocenters. The van der Waals surface area contributed by atoms with E-state index in [1.165, 1.54) is 12.8 Å². The van der Waals surface area contributed by atoms with Crippen LogP contribution in [0.4, 0.5) is 0 Å². The predicted octanol–water partition coefficient (Wildman–Crippen LogP) is 4.40. The Labute approximate surface area is 89.9 Å². The van der Waals surface area contributed by atoms with E-state index in [2.05, 4.69) is 54.2 Å². The molecule has 0 aromatic heterocycles. The van der Waals surface area contributed by atoms with E-state index in [0.29, 0.717) is 10.8 Å². The number of rotatable bonds is 3. The fourth-order valence-corrected chi connectivity index (χ4v) is 2.05. The molecule has 0 fully saturated rings. The van der Waals surface area contributed by atoms with Crippen LogP contribution in [0.5, 0.6) is 0 Å². The van der Waals surface area contributed by atoms with Crippen molar-refractivity contribution in [2.24, 2.45) is 16.7 Å². The lowest BCUT2D eigenvalue weighted by atomic mass is 9.71. The van der Waals surface area contributed by atoms with E-state index in [1.54, 1.807) is 0 Å². The molecule has 0 aromatic carbocycles. The van der Waals surface area contributed by atoms with Gasteiger partial charge in [0.2, 0.25) is 0 Å². The highest BCUT2D eigenvalue weighted by Crippen LogP contribution is 2.38. The van der Waals surface area contributed by atoms with Crippen LogP contribution in [0.3, 0.4) is 0 Å². The fourth-order valence-electron chi connectivity index (χ4n) is 1.74. The predicted molar refractivity (Wildman–Crippen MR) is 65.5 cm³/mol. The van der Waals surface area contributed by atoms with Gasteiger partial charge in [0.1, 0.15) is 0 Å². The summed E-state index contributed by atoms with van der Waals surface area (Å²) in [5.41, 5.74) is 0.872. The number of thiol groups is 1. The van der Waals surface area contributed by atoms with Crippen molar-refractivity contribution in [3.63, 3.8) is 0 Å². The van der Waals surface area contributed by atoms with Gasteiger partial charge in [-0.05, 0) is 35.3 Å². The van der Waals surface area contributed by atoms with E-state index in [0.717, 1.165) is 11.7 Å². The summed E-state index contributed by atoms with van der Waals surface area (Å²) >= 11 is 4.34. The molecule has 0 radical (unpaired) electrons. The van der Waals surface area contributed by atoms with E-state index < -0.39 is 0 Å². The fraction of sp³-hybridized carbons (Fsp3) is 1.00. The van der Waals surface area contributed by atoms with Gasteiger partial charge in [0.15, 0.2) is 0 Å². The molecule has 0 aromatic rings. The molecule has 0 aliphatic heterocycles. The molecule has 0 amide bonds. The first kappa shape index (κ1) is 13.4. The zero-order valence-electron chi connectivity index (χ0n) is 10.1. The lowest BCUT2D eigenvalue weighted by Gasteiger charge is -2.35. The van der Waals surface area contributed by atoms with Gasteiger partial charge in [0, 0.05) is 0 Å². The zero-order chi connectivity index (χ0) is 10.7. The summed E-state index contributed by atoms with van der Waals surface area (Å²) in [6, 6.07) is 0. The summed E-state index contributed by atoms with van der Waals surface area (Å²) in [5.74, 6) is 1.81. The zero-order valence-corrected chi connectivity index (χ0v) is 11.0. The van der Waals surface area contributed by atoms with Gasteiger partial charge in [-0.25, -0.2) is 0 Å². The molecule has 1 unspecified atom stereocenters. The first-order chi connectivity index (χ1) is 5.67. The number of hydrogen-bond donors (Lipinski definition) is 1. The molecule has 0 N–H and O–H groups in total. The van der Waals surface area contributed by atoms with Gasteiger partial charge >= 0.3 is 0 Å². The van der Waals surface area contributed by atoms with Crippen molar-refractivity contribution >= 4 is 12.6 Å². The Morgan fingerprint density at radius 2 is 1.46 bits per heavy atom. The highest BCUT2D eigenvalue weighted by Gasteiger charge is 2.27. The van der Waals surface area contributed by atoms with Gasteiger partial charge in [-0.15, -0.1) is 0 Å². The van der Waals surface area contributed by atoms with Crippen molar-refractivity contribution in [1.82, 2.24) is 0 Å². The van der Waals surface area contributed by atoms with Crippen LogP contribution in [0.25, 0.3) is 0 Å². The Bertz CT molecular complexity index is 136. The maximum atomic E-state index is 4.34. The molecule has 0 heterocycles. The van der Waals surface area contributed by atoms with E-state index in [-0.39, 0.29) is 0 Å². The molecule has 0 saturated carbocycles. The second-order valence-corrected chi connectivity index (χ2v) is 6.79. The highest BCUT2D eigenvalue weighted by atomic mass is 32.1. The smallest absolute Gasteiger partial charge is 0.00951 e. The molecule has 0 rings (SSSR count). The summed E-state index contributed by atoms with van der Waals surface area (Å²) in [7, 11) is 0. The van der Waals surface area contributed by atoms with Crippen LogP contribution in [-0.2, 0) is 0 Å². The third kappa shape index (κ3) is 6.42. The van der Waals surface area contributed by atoms with E-state index >= 15 is 0 Å². The van der Waals surface area contributed by atoms with Crippen LogP contribution in [-0.4, -0.2) is 5.75 Å². The molecular weight excluding hydrogens is 176 g/mol. The third-order valence-corrected chi connectivity index (χ3v) is 2.82. The highest BCUT2D eigenvalue weighted by molar-refractivity contribution is 7.80. The van der Waals surface area contributed by atoms with Gasteiger partial charge in [-0.2, -0.15) is 12.6 Å². The van der Waals surface area contributed by atoms with Gasteiger partial charge in [-0.1, -0.05) is 41.5 Å². The van der Waals surface area contributed by atoms with E-state index in [1.807, 2.05) is 0 Å². The van der Waals surface area contributed by atoms with Gasteiger partial charge < -0.3 is 0 Å². The van der Waals surface area contributed by atoms with Crippen molar-refractivity contribution < 1.29 is 0 Å². The Morgan fingerprint density at radius 1 is 1.00 bits per heavy atom. The van der Waals surface area contributed by atoms with Crippen molar-refractivity contribution in [3.8, 4) is 0 Å². The molecule has 80 valence electrons. The van der Waals surface area contributed by atoms with Crippen molar-refractivity contribution in [2.45, 2.75) is 54.4 Å². The van der Waals surface area contributed by atoms with E-state index in [9.17, 15) is 0 Å². The van der Waals surface area contributed by atoms with E-state index in [4.69, 9.17) is 0 Å². The van der Waals surface area contributed by atoms with Crippen LogP contribution < -0.4 is 0 Å². The lowest BCUT2D eigenvalue weighted by Crippen LogP contribution is -2.25. The molecule has 0 bridgehead atoms. The average molecular weight is 202 g/mol. The molecule has 0 spiro atoms. The Hall–Kier alpha value is 0.350. The normalized spacial score (nSPS) is 15.9. The summed E-state index contributed by atoms with van der Waals surface area (Å²) in [6.45, 7) is 14.0. The SMILES string of the molecule is CC(C)(C)CC(CCS)C(C)(C)C. The van der Waals surface area contributed by atoms with Crippen LogP contribution in [0, 0.1) is 16.7 Å². The second kappa shape index (κ2) is 4.72. The van der Waals surface area contributed by atoms with Crippen LogP contribution in [0.15, 0.2) is 0 Å². The van der Waals surface area contributed by atoms with Crippen molar-refractivity contribution in [3.05, 3.63) is 0 Å². The lowest BCUT2D eigenvalue weighted by molar-refractivity contribution is 0.161. The van der Waals surface area contributed by atoms with Crippen molar-refractivity contribution in [2.75, 3.05) is 5.75 Å². The molecular formula is C12H26S. The first-order valence-corrected chi connectivity index (χ1v) is 5.91. The molecule has 1 heteroatoms. The Morgan fingerprint density at radius 3 is 1.69 bits per heavy atom. The molecule has 0 nitrogen and oxygen atoms in total. The molecule has 13 heavy (non-hydrogen) atoms. The average Bonchev–Trinajstić information content (AvgIpc) is 1.81. The maximum Gasteiger partial charge on any atom is -0.00951 e. The Kier molecular flexibility index (Phi) is 4.85. The van der Waals surface area contributed by atoms with Crippen LogP contribution >= 0.6 is 12.6 Å². The third-order valence-electron chi connectivity index (χ3n) is 2.56. The van der Waals surface area contributed by atoms with Gasteiger partial charge in [0.05, 0.1) is 0 Å². The summed E-state index contributed by atoms with van der Waals surface area (Å²) in [5, 5.41) is 0. The Balaban J connectivity index is 4.27. The topological polar surface area (TPSA) is 0 Å². The standard InChI is InChI=1S/C12H26S/c1-11(2,3)9-10(7-8-13)12(4,5)6/h10,13H,7-9H2,1-6H3. The largest absolute Gasteiger partial charge is 0.179 e. The quantitative estimate of drug-likeness (QED) is 0.644. The van der Waals surface area contributed by atoms with Crippen LogP contribution in [0.1, 0.15) is 54.4 Å². The minimum absolute atomic E-state index is 0.427. The summed E-state index contributed by atoms with van der Waals surface area (Å²) in [4.78, 5) is 0. The maximum absolute atomic E-state index is 4.34. The molecule has 0 aliphatic rings.